The molecule has 0 saturated carbocycles. The van der Waals surface area contributed by atoms with Gasteiger partial charge in [0.2, 0.25) is 0 Å². The van der Waals surface area contributed by atoms with Gasteiger partial charge in [-0.05, 0) is 6.92 Å². The van der Waals surface area contributed by atoms with Gasteiger partial charge in [-0.3, -0.25) is 0 Å². The molecule has 0 unspecified atom stereocenters. The van der Waals surface area contributed by atoms with Crippen molar-refractivity contribution in [2.24, 2.45) is 0 Å². The first-order valence-electron chi connectivity index (χ1n) is 4.97. The number of hydrogen-bond acceptors (Lipinski definition) is 5. The van der Waals surface area contributed by atoms with Gasteiger partial charge in [-0.1, -0.05) is 0 Å². The molecule has 6 heteroatoms. The van der Waals surface area contributed by atoms with E-state index in [1.165, 1.54) is 18.4 Å². The molecule has 1 heterocycles. The molecule has 90 valence electrons. The minimum absolute atomic E-state index is 0.229. The number of nitrogens with zero attached hydrogens (tertiary/aromatic N) is 1. The molecule has 0 radical (unpaired) electrons. The summed E-state index contributed by atoms with van der Waals surface area (Å²) < 4.78 is 10.1. The van der Waals surface area contributed by atoms with Crippen LogP contribution < -0.4 is 0 Å². The van der Waals surface area contributed by atoms with Crippen LogP contribution in [0.4, 0.5) is 0 Å². The Morgan fingerprint density at radius 2 is 2.31 bits per heavy atom. The second-order valence-corrected chi connectivity index (χ2v) is 4.15. The molecule has 0 fully saturated rings. The molecule has 0 saturated heterocycles. The largest absolute Gasteiger partial charge is 0.477 e. The number of rotatable bonds is 7. The van der Waals surface area contributed by atoms with E-state index in [0.29, 0.717) is 25.3 Å². The average molecular weight is 245 g/mol. The number of carbonyl (C=O) groups is 1. The zero-order valence-electron chi connectivity index (χ0n) is 9.36. The Bertz CT molecular complexity index is 351. The van der Waals surface area contributed by atoms with E-state index in [-0.39, 0.29) is 11.5 Å². The summed E-state index contributed by atoms with van der Waals surface area (Å²) >= 11 is 1.19. The first kappa shape index (κ1) is 13.1. The van der Waals surface area contributed by atoms with Gasteiger partial charge in [0.15, 0.2) is 0 Å². The lowest BCUT2D eigenvalue weighted by molar-refractivity contribution is 0.0697. The van der Waals surface area contributed by atoms with Gasteiger partial charge >= 0.3 is 5.97 Å². The summed E-state index contributed by atoms with van der Waals surface area (Å²) in [5.41, 5.74) is 0.492. The van der Waals surface area contributed by atoms with Gasteiger partial charge in [-0.2, -0.15) is 0 Å². The molecule has 0 aliphatic heterocycles. The fourth-order valence-corrected chi connectivity index (χ4v) is 2.10. The Hall–Kier alpha value is -0.980. The van der Waals surface area contributed by atoms with E-state index in [1.54, 1.807) is 0 Å². The van der Waals surface area contributed by atoms with E-state index in [4.69, 9.17) is 14.6 Å². The van der Waals surface area contributed by atoms with E-state index in [2.05, 4.69) is 4.98 Å². The molecule has 0 aromatic carbocycles. The molecule has 0 atom stereocenters. The van der Waals surface area contributed by atoms with Crippen molar-refractivity contribution in [1.29, 1.82) is 0 Å². The van der Waals surface area contributed by atoms with Crippen LogP contribution >= 0.6 is 11.3 Å². The summed E-state index contributed by atoms with van der Waals surface area (Å²) in [6, 6.07) is 0. The van der Waals surface area contributed by atoms with Crippen LogP contribution in [0.2, 0.25) is 0 Å². The summed E-state index contributed by atoms with van der Waals surface area (Å²) in [7, 11) is 1.52. The normalized spacial score (nSPS) is 10.6. The first-order chi connectivity index (χ1) is 7.69. The fraction of sp³-hybridized carbons (Fsp3) is 0.600. The highest BCUT2D eigenvalue weighted by Crippen LogP contribution is 2.20. The van der Waals surface area contributed by atoms with Crippen molar-refractivity contribution in [3.8, 4) is 0 Å². The van der Waals surface area contributed by atoms with Crippen LogP contribution in [-0.4, -0.2) is 36.4 Å². The molecule has 0 aliphatic carbocycles. The maximum absolute atomic E-state index is 10.9. The maximum atomic E-state index is 10.9. The monoisotopic (exact) mass is 245 g/mol. The van der Waals surface area contributed by atoms with Gasteiger partial charge in [0.1, 0.15) is 4.88 Å². The van der Waals surface area contributed by atoms with E-state index in [1.807, 2.05) is 6.92 Å². The van der Waals surface area contributed by atoms with Crippen molar-refractivity contribution < 1.29 is 19.4 Å². The molecular formula is C10H15NO4S. The molecule has 5 nitrogen and oxygen atoms in total. The third kappa shape index (κ3) is 3.55. The SMILES string of the molecule is CCOCCc1nc(COC)c(C(=O)O)s1. The van der Waals surface area contributed by atoms with Crippen LogP contribution in [0.3, 0.4) is 0 Å². The van der Waals surface area contributed by atoms with Crippen LogP contribution in [0, 0.1) is 0 Å². The van der Waals surface area contributed by atoms with Gasteiger partial charge in [0.25, 0.3) is 0 Å². The zero-order valence-corrected chi connectivity index (χ0v) is 10.2. The second-order valence-electron chi connectivity index (χ2n) is 3.07. The first-order valence-corrected chi connectivity index (χ1v) is 5.79. The number of aromatic nitrogens is 1. The molecule has 1 aromatic heterocycles. The van der Waals surface area contributed by atoms with Crippen LogP contribution in [0.15, 0.2) is 0 Å². The number of carboxylic acid groups (broad SMARTS) is 1. The predicted molar refractivity (Wildman–Crippen MR) is 60.0 cm³/mol. The molecule has 1 aromatic rings. The standard InChI is InChI=1S/C10H15NO4S/c1-3-15-5-4-8-11-7(6-14-2)9(16-8)10(12)13/h3-6H2,1-2H3,(H,12,13). The van der Waals surface area contributed by atoms with Gasteiger partial charge in [0, 0.05) is 20.1 Å². The minimum atomic E-state index is -0.952. The number of thiazole rings is 1. The molecule has 1 N–H and O–H groups in total. The number of aromatic carboxylic acids is 1. The maximum Gasteiger partial charge on any atom is 0.347 e. The number of hydrogen-bond donors (Lipinski definition) is 1. The molecule has 0 aliphatic rings. The highest BCUT2D eigenvalue weighted by atomic mass is 32.1. The van der Waals surface area contributed by atoms with Crippen LogP contribution in [0.5, 0.6) is 0 Å². The van der Waals surface area contributed by atoms with E-state index in [0.717, 1.165) is 5.01 Å². The van der Waals surface area contributed by atoms with Crippen molar-refractivity contribution in [3.63, 3.8) is 0 Å². The Morgan fingerprint density at radius 1 is 1.56 bits per heavy atom. The van der Waals surface area contributed by atoms with Crippen molar-refractivity contribution in [1.82, 2.24) is 4.98 Å². The van der Waals surface area contributed by atoms with Crippen LogP contribution in [-0.2, 0) is 22.5 Å². The Kier molecular flexibility index (Phi) is 5.37. The summed E-state index contributed by atoms with van der Waals surface area (Å²) in [5.74, 6) is -0.952. The summed E-state index contributed by atoms with van der Waals surface area (Å²) in [6.45, 7) is 3.37. The minimum Gasteiger partial charge on any atom is -0.477 e. The predicted octanol–water partition coefficient (Wildman–Crippen LogP) is 1.57. The lowest BCUT2D eigenvalue weighted by Gasteiger charge is -1.96. The summed E-state index contributed by atoms with van der Waals surface area (Å²) in [4.78, 5) is 15.4. The van der Waals surface area contributed by atoms with Gasteiger partial charge in [0.05, 0.1) is 23.9 Å². The number of methoxy groups -OCH3 is 1. The number of carboxylic acids is 1. The lowest BCUT2D eigenvalue weighted by Crippen LogP contribution is -2.00. The summed E-state index contributed by atoms with van der Waals surface area (Å²) in [5, 5.41) is 9.74. The van der Waals surface area contributed by atoms with Crippen LogP contribution in [0.1, 0.15) is 27.3 Å². The molecule has 0 spiro atoms. The third-order valence-electron chi connectivity index (χ3n) is 1.88. The molecule has 0 amide bonds. The highest BCUT2D eigenvalue weighted by molar-refractivity contribution is 7.13. The van der Waals surface area contributed by atoms with E-state index in [9.17, 15) is 4.79 Å². The molecular weight excluding hydrogens is 230 g/mol. The fourth-order valence-electron chi connectivity index (χ4n) is 1.21. The third-order valence-corrected chi connectivity index (χ3v) is 3.03. The molecule has 0 bridgehead atoms. The Morgan fingerprint density at radius 3 is 2.88 bits per heavy atom. The molecule has 1 rings (SSSR count). The van der Waals surface area contributed by atoms with Gasteiger partial charge in [-0.15, -0.1) is 11.3 Å². The second kappa shape index (κ2) is 6.57. The average Bonchev–Trinajstić information content (AvgIpc) is 2.62. The van der Waals surface area contributed by atoms with E-state index >= 15 is 0 Å². The molecule has 16 heavy (non-hydrogen) atoms. The van der Waals surface area contributed by atoms with Crippen molar-refractivity contribution in [2.45, 2.75) is 20.0 Å². The van der Waals surface area contributed by atoms with Gasteiger partial charge in [-0.25, -0.2) is 9.78 Å². The van der Waals surface area contributed by atoms with Gasteiger partial charge < -0.3 is 14.6 Å². The number of ether oxygens (including phenoxy) is 2. The van der Waals surface area contributed by atoms with E-state index < -0.39 is 5.97 Å². The Labute approximate surface area is 98.0 Å². The van der Waals surface area contributed by atoms with Crippen molar-refractivity contribution in [2.75, 3.05) is 20.3 Å². The van der Waals surface area contributed by atoms with Crippen molar-refractivity contribution in [3.05, 3.63) is 15.6 Å². The Balaban J connectivity index is 2.72. The quantitative estimate of drug-likeness (QED) is 0.738. The smallest absolute Gasteiger partial charge is 0.347 e. The highest BCUT2D eigenvalue weighted by Gasteiger charge is 2.16. The van der Waals surface area contributed by atoms with Crippen LogP contribution in [0.25, 0.3) is 0 Å². The van der Waals surface area contributed by atoms with Crippen molar-refractivity contribution >= 4 is 17.3 Å². The zero-order chi connectivity index (χ0) is 12.0. The topological polar surface area (TPSA) is 68.7 Å². The lowest BCUT2D eigenvalue weighted by atomic mass is 10.4. The summed E-state index contributed by atoms with van der Waals surface area (Å²) in [6.07, 6.45) is 0.641.